The molecule has 3 aromatic rings. The maximum Gasteiger partial charge on any atom is 0.242 e. The van der Waals surface area contributed by atoms with Crippen molar-refractivity contribution in [1.82, 2.24) is 34.9 Å². The molecule has 10 heteroatoms. The second-order valence-corrected chi connectivity index (χ2v) is 5.38. The molecule has 1 unspecified atom stereocenters. The summed E-state index contributed by atoms with van der Waals surface area (Å²) < 4.78 is 3.49. The van der Waals surface area contributed by atoms with Crippen molar-refractivity contribution in [2.75, 3.05) is 7.05 Å². The van der Waals surface area contributed by atoms with Crippen molar-refractivity contribution < 1.29 is 4.79 Å². The molecule has 140 valence electrons. The molecule has 3 aromatic heterocycles. The summed E-state index contributed by atoms with van der Waals surface area (Å²) in [6, 6.07) is 3.35. The Balaban J connectivity index is 0.00000169. The Labute approximate surface area is 163 Å². The number of aromatic nitrogens is 5. The van der Waals surface area contributed by atoms with Crippen molar-refractivity contribution in [3.63, 3.8) is 0 Å². The number of hydrogen-bond donors (Lipinski definition) is 2. The van der Waals surface area contributed by atoms with Crippen LogP contribution in [0.15, 0.2) is 49.4 Å². The van der Waals surface area contributed by atoms with Gasteiger partial charge in [0.25, 0.3) is 0 Å². The SMILES string of the molecule is CNC(C(=O)NCc1ccnc(-n2ccnc2)c1)c1cnn(C)c1.Cl.Cl. The minimum absolute atomic E-state index is 0. The molecule has 0 aliphatic carbocycles. The van der Waals surface area contributed by atoms with Gasteiger partial charge in [0.05, 0.1) is 6.20 Å². The van der Waals surface area contributed by atoms with Gasteiger partial charge in [0.1, 0.15) is 18.2 Å². The molecule has 0 radical (unpaired) electrons. The summed E-state index contributed by atoms with van der Waals surface area (Å²) in [6.45, 7) is 0.418. The molecule has 8 nitrogen and oxygen atoms in total. The van der Waals surface area contributed by atoms with Crippen LogP contribution in [0.1, 0.15) is 17.2 Å². The lowest BCUT2D eigenvalue weighted by Gasteiger charge is -2.14. The van der Waals surface area contributed by atoms with Crippen LogP contribution in [0.4, 0.5) is 0 Å². The summed E-state index contributed by atoms with van der Waals surface area (Å²) >= 11 is 0. The van der Waals surface area contributed by atoms with Crippen molar-refractivity contribution in [3.8, 4) is 5.82 Å². The molecule has 3 heterocycles. The average molecular weight is 398 g/mol. The number of hydrogen-bond acceptors (Lipinski definition) is 5. The van der Waals surface area contributed by atoms with Crippen LogP contribution in [-0.4, -0.2) is 37.3 Å². The van der Waals surface area contributed by atoms with E-state index in [0.29, 0.717) is 6.54 Å². The molecule has 0 aliphatic heterocycles. The van der Waals surface area contributed by atoms with Crippen LogP contribution in [0.5, 0.6) is 0 Å². The number of amides is 1. The molecule has 0 aromatic carbocycles. The average Bonchev–Trinajstić information content (AvgIpc) is 3.26. The first-order valence-corrected chi connectivity index (χ1v) is 7.54. The van der Waals surface area contributed by atoms with Gasteiger partial charge in [0.15, 0.2) is 0 Å². The minimum Gasteiger partial charge on any atom is -0.350 e. The molecule has 0 saturated carbocycles. The molecule has 0 spiro atoms. The standard InChI is InChI=1S/C16H19N7O.2ClH/c1-17-15(13-9-21-22(2)10-13)16(24)20-8-12-3-4-19-14(7-12)23-6-5-18-11-23;;/h3-7,9-11,15,17H,8H2,1-2H3,(H,20,24);2*1H. The van der Waals surface area contributed by atoms with E-state index in [1.54, 1.807) is 36.6 Å². The van der Waals surface area contributed by atoms with Crippen molar-refractivity contribution in [2.24, 2.45) is 7.05 Å². The number of likely N-dealkylation sites (N-methyl/N-ethyl adjacent to an activating group) is 1. The molecule has 1 amide bonds. The lowest BCUT2D eigenvalue weighted by atomic mass is 10.1. The number of imidazole rings is 1. The number of nitrogens with one attached hydrogen (secondary N) is 2. The molecular weight excluding hydrogens is 377 g/mol. The third kappa shape index (κ3) is 5.04. The predicted molar refractivity (Wildman–Crippen MR) is 103 cm³/mol. The number of nitrogens with zero attached hydrogens (tertiary/aromatic N) is 5. The van der Waals surface area contributed by atoms with E-state index in [1.807, 2.05) is 36.1 Å². The highest BCUT2D eigenvalue weighted by Gasteiger charge is 2.19. The minimum atomic E-state index is -0.436. The van der Waals surface area contributed by atoms with E-state index in [-0.39, 0.29) is 30.7 Å². The maximum absolute atomic E-state index is 12.4. The Morgan fingerprint density at radius 2 is 2.12 bits per heavy atom. The molecular formula is C16H21Cl2N7O. The van der Waals surface area contributed by atoms with Gasteiger partial charge >= 0.3 is 0 Å². The molecule has 2 N–H and O–H groups in total. The Morgan fingerprint density at radius 1 is 1.31 bits per heavy atom. The summed E-state index contributed by atoms with van der Waals surface area (Å²) in [4.78, 5) is 20.7. The van der Waals surface area contributed by atoms with Gasteiger partial charge in [-0.3, -0.25) is 14.0 Å². The quantitative estimate of drug-likeness (QED) is 0.656. The molecule has 0 saturated heterocycles. The number of pyridine rings is 1. The number of carbonyl (C=O) groups is 1. The van der Waals surface area contributed by atoms with Gasteiger partial charge in [-0.1, -0.05) is 0 Å². The molecule has 0 bridgehead atoms. The van der Waals surface area contributed by atoms with E-state index in [4.69, 9.17) is 0 Å². The van der Waals surface area contributed by atoms with Gasteiger partial charge in [-0.05, 0) is 24.7 Å². The monoisotopic (exact) mass is 397 g/mol. The normalized spacial score (nSPS) is 11.2. The molecule has 26 heavy (non-hydrogen) atoms. The van der Waals surface area contributed by atoms with Crippen molar-refractivity contribution in [3.05, 3.63) is 60.6 Å². The maximum atomic E-state index is 12.4. The summed E-state index contributed by atoms with van der Waals surface area (Å²) in [5.74, 6) is 0.656. The second-order valence-electron chi connectivity index (χ2n) is 5.38. The van der Waals surface area contributed by atoms with Gasteiger partial charge in [-0.15, -0.1) is 24.8 Å². The number of rotatable bonds is 6. The zero-order valence-corrected chi connectivity index (χ0v) is 16.0. The summed E-state index contributed by atoms with van der Waals surface area (Å²) in [7, 11) is 3.57. The first-order chi connectivity index (χ1) is 11.7. The fourth-order valence-corrected chi connectivity index (χ4v) is 2.44. The smallest absolute Gasteiger partial charge is 0.242 e. The van der Waals surface area contributed by atoms with Gasteiger partial charge < -0.3 is 10.6 Å². The first-order valence-electron chi connectivity index (χ1n) is 7.54. The van der Waals surface area contributed by atoms with Crippen LogP contribution >= 0.6 is 24.8 Å². The third-order valence-corrected chi connectivity index (χ3v) is 3.65. The van der Waals surface area contributed by atoms with E-state index in [2.05, 4.69) is 25.7 Å². The zero-order chi connectivity index (χ0) is 16.9. The van der Waals surface area contributed by atoms with Gasteiger partial charge in [0.2, 0.25) is 5.91 Å². The van der Waals surface area contributed by atoms with E-state index in [9.17, 15) is 4.79 Å². The van der Waals surface area contributed by atoms with Crippen molar-refractivity contribution in [2.45, 2.75) is 12.6 Å². The number of carbonyl (C=O) groups excluding carboxylic acids is 1. The highest BCUT2D eigenvalue weighted by atomic mass is 35.5. The lowest BCUT2D eigenvalue weighted by Crippen LogP contribution is -2.35. The largest absolute Gasteiger partial charge is 0.350 e. The lowest BCUT2D eigenvalue weighted by molar-refractivity contribution is -0.123. The van der Waals surface area contributed by atoms with Crippen LogP contribution in [0.3, 0.4) is 0 Å². The van der Waals surface area contributed by atoms with Crippen LogP contribution in [0, 0.1) is 0 Å². The van der Waals surface area contributed by atoms with Crippen LogP contribution in [-0.2, 0) is 18.4 Å². The summed E-state index contributed by atoms with van der Waals surface area (Å²) in [5, 5.41) is 10.1. The Bertz CT molecular complexity index is 820. The molecule has 3 rings (SSSR count). The molecule has 1 atom stereocenters. The van der Waals surface area contributed by atoms with E-state index < -0.39 is 6.04 Å². The Morgan fingerprint density at radius 3 is 2.73 bits per heavy atom. The van der Waals surface area contributed by atoms with Gasteiger partial charge in [0, 0.05) is 43.9 Å². The molecule has 0 aliphatic rings. The van der Waals surface area contributed by atoms with E-state index in [1.165, 1.54) is 0 Å². The van der Waals surface area contributed by atoms with Gasteiger partial charge in [-0.2, -0.15) is 5.10 Å². The molecule has 0 fully saturated rings. The third-order valence-electron chi connectivity index (χ3n) is 3.65. The van der Waals surface area contributed by atoms with Crippen LogP contribution in [0.25, 0.3) is 5.82 Å². The predicted octanol–water partition coefficient (Wildman–Crippen LogP) is 1.42. The Kier molecular flexibility index (Phi) is 8.24. The van der Waals surface area contributed by atoms with Crippen LogP contribution < -0.4 is 10.6 Å². The highest BCUT2D eigenvalue weighted by molar-refractivity contribution is 5.85. The number of aryl methyl sites for hydroxylation is 1. The summed E-state index contributed by atoms with van der Waals surface area (Å²) in [6.07, 6.45) is 10.4. The fourth-order valence-electron chi connectivity index (χ4n) is 2.44. The summed E-state index contributed by atoms with van der Waals surface area (Å²) in [5.41, 5.74) is 1.79. The van der Waals surface area contributed by atoms with Crippen LogP contribution in [0.2, 0.25) is 0 Å². The van der Waals surface area contributed by atoms with Crippen molar-refractivity contribution in [1.29, 1.82) is 0 Å². The van der Waals surface area contributed by atoms with E-state index in [0.717, 1.165) is 16.9 Å². The highest BCUT2D eigenvalue weighted by Crippen LogP contribution is 2.12. The first kappa shape index (κ1) is 21.6. The fraction of sp³-hybridized carbons (Fsp3) is 0.250. The second kappa shape index (κ2) is 9.91. The number of halogens is 2. The van der Waals surface area contributed by atoms with Crippen molar-refractivity contribution >= 4 is 30.7 Å². The topological polar surface area (TPSA) is 89.7 Å². The Hall–Kier alpha value is -2.42. The van der Waals surface area contributed by atoms with E-state index >= 15 is 0 Å². The zero-order valence-electron chi connectivity index (χ0n) is 14.4. The van der Waals surface area contributed by atoms with Gasteiger partial charge in [-0.25, -0.2) is 9.97 Å².